The molecule has 5 heteroatoms. The van der Waals surface area contributed by atoms with Gasteiger partial charge in [-0.05, 0) is 16.9 Å². The van der Waals surface area contributed by atoms with Crippen molar-refractivity contribution < 1.29 is 0 Å². The Balaban J connectivity index is 2.34. The second-order valence-corrected chi connectivity index (χ2v) is 6.89. The molecule has 0 atom stereocenters. The smallest absolute Gasteiger partial charge is 0.252 e. The Morgan fingerprint density at radius 3 is 2.26 bits per heavy atom. The molecule has 4 nitrogen and oxygen atoms in total. The van der Waals surface area contributed by atoms with E-state index >= 15 is 0 Å². The molecule has 1 saturated carbocycles. The number of nitrogens with zero attached hydrogens (tertiary/aromatic N) is 4. The first-order chi connectivity index (χ1) is 8.66. The average Bonchev–Trinajstić information content (AvgIpc) is 2.65. The first-order valence-corrected chi connectivity index (χ1v) is 6.79. The highest BCUT2D eigenvalue weighted by atomic mass is 35.5. The zero-order chi connectivity index (χ0) is 14.4. The molecular weight excluding hydrogens is 260 g/mol. The number of hydrogen-bond acceptors (Lipinski definition) is 3. The van der Waals surface area contributed by atoms with E-state index in [0.29, 0.717) is 17.0 Å². The van der Waals surface area contributed by atoms with E-state index in [0.717, 1.165) is 5.69 Å². The molecule has 0 saturated heterocycles. The number of rotatable bonds is 3. The van der Waals surface area contributed by atoms with Crippen molar-refractivity contribution in [3.05, 3.63) is 16.9 Å². The van der Waals surface area contributed by atoms with Crippen molar-refractivity contribution in [1.29, 1.82) is 0 Å². The summed E-state index contributed by atoms with van der Waals surface area (Å²) in [5, 5.41) is 0.453. The number of aromatic nitrogens is 2. The summed E-state index contributed by atoms with van der Waals surface area (Å²) in [6, 6.07) is 1.86. The van der Waals surface area contributed by atoms with Gasteiger partial charge in [-0.3, -0.25) is 0 Å². The molecule has 0 N–H and O–H groups in total. The van der Waals surface area contributed by atoms with Crippen molar-refractivity contribution in [1.82, 2.24) is 14.9 Å². The van der Waals surface area contributed by atoms with E-state index in [2.05, 4.69) is 42.7 Å². The van der Waals surface area contributed by atoms with Gasteiger partial charge in [0.05, 0.1) is 12.0 Å². The third-order valence-electron chi connectivity index (χ3n) is 4.42. The Hall–Kier alpha value is -1.16. The molecule has 2 rings (SSSR count). The Bertz CT molecular complexity index is 506. The highest BCUT2D eigenvalue weighted by Crippen LogP contribution is 2.73. The van der Waals surface area contributed by atoms with E-state index in [1.165, 1.54) is 0 Å². The van der Waals surface area contributed by atoms with Crippen molar-refractivity contribution >= 4 is 23.9 Å². The lowest BCUT2D eigenvalue weighted by Gasteiger charge is -2.05. The highest BCUT2D eigenvalue weighted by Gasteiger charge is 2.65. The van der Waals surface area contributed by atoms with Crippen LogP contribution >= 0.6 is 11.6 Å². The van der Waals surface area contributed by atoms with Crippen LogP contribution in [0.15, 0.2) is 11.1 Å². The summed E-state index contributed by atoms with van der Waals surface area (Å²) in [4.78, 5) is 14.7. The zero-order valence-corrected chi connectivity index (χ0v) is 13.2. The second kappa shape index (κ2) is 4.44. The Labute approximate surface area is 119 Å². The van der Waals surface area contributed by atoms with Gasteiger partial charge in [0.15, 0.2) is 0 Å². The molecule has 0 aliphatic heterocycles. The molecule has 1 aliphatic carbocycles. The van der Waals surface area contributed by atoms with Crippen LogP contribution in [0.5, 0.6) is 0 Å². The minimum atomic E-state index is 0.229. The van der Waals surface area contributed by atoms with Gasteiger partial charge in [0.1, 0.15) is 5.15 Å². The van der Waals surface area contributed by atoms with Crippen LogP contribution in [0.25, 0.3) is 0 Å². The van der Waals surface area contributed by atoms with Crippen LogP contribution in [0, 0.1) is 10.8 Å². The number of aliphatic imine (C=N–C) groups is 1. The van der Waals surface area contributed by atoms with Gasteiger partial charge in [-0.15, -0.1) is 0 Å². The van der Waals surface area contributed by atoms with Crippen LogP contribution < -0.4 is 0 Å². The van der Waals surface area contributed by atoms with Crippen LogP contribution in [-0.4, -0.2) is 35.3 Å². The van der Waals surface area contributed by atoms with Crippen LogP contribution in [0.4, 0.5) is 5.95 Å². The summed E-state index contributed by atoms with van der Waals surface area (Å²) in [6.07, 6.45) is 1.68. The molecule has 0 spiro atoms. The average molecular weight is 281 g/mol. The Morgan fingerprint density at radius 2 is 1.79 bits per heavy atom. The maximum absolute atomic E-state index is 6.08. The molecule has 1 aliphatic rings. The molecule has 19 heavy (non-hydrogen) atoms. The molecule has 1 heterocycles. The zero-order valence-electron chi connectivity index (χ0n) is 12.4. The fourth-order valence-corrected chi connectivity index (χ4v) is 2.92. The minimum absolute atomic E-state index is 0.229. The quantitative estimate of drug-likeness (QED) is 0.483. The van der Waals surface area contributed by atoms with Crippen molar-refractivity contribution in [2.45, 2.75) is 33.6 Å². The van der Waals surface area contributed by atoms with Crippen LogP contribution in [0.3, 0.4) is 0 Å². The maximum Gasteiger partial charge on any atom is 0.252 e. The van der Waals surface area contributed by atoms with E-state index in [1.807, 2.05) is 25.1 Å². The third-order valence-corrected chi connectivity index (χ3v) is 4.62. The number of hydrogen-bond donors (Lipinski definition) is 0. The van der Waals surface area contributed by atoms with Crippen molar-refractivity contribution in [3.8, 4) is 0 Å². The molecule has 0 bridgehead atoms. The summed E-state index contributed by atoms with van der Waals surface area (Å²) in [5.74, 6) is 0.823. The largest absolute Gasteiger partial charge is 0.369 e. The van der Waals surface area contributed by atoms with Gasteiger partial charge in [0, 0.05) is 20.0 Å². The van der Waals surface area contributed by atoms with Gasteiger partial charge >= 0.3 is 0 Å². The molecule has 0 unspecified atom stereocenters. The monoisotopic (exact) mass is 280 g/mol. The summed E-state index contributed by atoms with van der Waals surface area (Å²) in [6.45, 7) is 9.04. The normalized spacial score (nSPS) is 20.8. The summed E-state index contributed by atoms with van der Waals surface area (Å²) < 4.78 is 0. The summed E-state index contributed by atoms with van der Waals surface area (Å²) in [7, 11) is 3.81. The molecule has 0 amide bonds. The lowest BCUT2D eigenvalue weighted by atomic mass is 10.0. The van der Waals surface area contributed by atoms with Crippen molar-refractivity contribution in [2.24, 2.45) is 15.8 Å². The standard InChI is InChI=1S/C14H21ClN4/c1-13(2)11(14(13,3)4)9-7-10(15)18-12(17-9)16-8-19(5)6/h7-8,11H,1-6H3/b16-8-. The van der Waals surface area contributed by atoms with Crippen LogP contribution in [0.1, 0.15) is 39.3 Å². The Kier molecular flexibility index (Phi) is 3.33. The predicted molar refractivity (Wildman–Crippen MR) is 79.2 cm³/mol. The topological polar surface area (TPSA) is 41.4 Å². The fourth-order valence-electron chi connectivity index (χ4n) is 2.73. The SMILES string of the molecule is CN(C)/C=N\c1nc(Cl)cc(C2C(C)(C)C2(C)C)n1. The second-order valence-electron chi connectivity index (χ2n) is 6.50. The van der Waals surface area contributed by atoms with Crippen LogP contribution in [-0.2, 0) is 0 Å². The molecule has 104 valence electrons. The van der Waals surface area contributed by atoms with Gasteiger partial charge in [-0.2, -0.15) is 4.98 Å². The highest BCUT2D eigenvalue weighted by molar-refractivity contribution is 6.29. The van der Waals surface area contributed by atoms with Gasteiger partial charge < -0.3 is 4.90 Å². The van der Waals surface area contributed by atoms with Gasteiger partial charge in [0.25, 0.3) is 5.95 Å². The van der Waals surface area contributed by atoms with E-state index in [1.54, 1.807) is 6.34 Å². The number of halogens is 1. The molecule has 0 radical (unpaired) electrons. The lowest BCUT2D eigenvalue weighted by Crippen LogP contribution is -2.07. The van der Waals surface area contributed by atoms with E-state index in [9.17, 15) is 0 Å². The molecule has 1 aromatic rings. The molecular formula is C14H21ClN4. The van der Waals surface area contributed by atoms with Crippen molar-refractivity contribution in [3.63, 3.8) is 0 Å². The van der Waals surface area contributed by atoms with Gasteiger partial charge in [0.2, 0.25) is 0 Å². The summed E-state index contributed by atoms with van der Waals surface area (Å²) >= 11 is 6.08. The molecule has 1 aromatic heterocycles. The van der Waals surface area contributed by atoms with E-state index in [4.69, 9.17) is 11.6 Å². The predicted octanol–water partition coefficient (Wildman–Crippen LogP) is 3.50. The van der Waals surface area contributed by atoms with Gasteiger partial charge in [-0.1, -0.05) is 39.3 Å². The van der Waals surface area contributed by atoms with Crippen LogP contribution in [0.2, 0.25) is 5.15 Å². The van der Waals surface area contributed by atoms with E-state index in [-0.39, 0.29) is 10.8 Å². The first-order valence-electron chi connectivity index (χ1n) is 6.41. The first kappa shape index (κ1) is 14.3. The van der Waals surface area contributed by atoms with Crippen molar-refractivity contribution in [2.75, 3.05) is 14.1 Å². The lowest BCUT2D eigenvalue weighted by molar-refractivity contribution is 0.457. The maximum atomic E-state index is 6.08. The minimum Gasteiger partial charge on any atom is -0.369 e. The Morgan fingerprint density at radius 1 is 1.21 bits per heavy atom. The third kappa shape index (κ3) is 2.46. The van der Waals surface area contributed by atoms with E-state index < -0.39 is 0 Å². The summed E-state index contributed by atoms with van der Waals surface area (Å²) in [5.41, 5.74) is 1.45. The molecule has 0 aromatic carbocycles. The molecule has 1 fully saturated rings. The fraction of sp³-hybridized carbons (Fsp3) is 0.643. The van der Waals surface area contributed by atoms with Gasteiger partial charge in [-0.25, -0.2) is 9.98 Å².